The van der Waals surface area contributed by atoms with Crippen molar-refractivity contribution in [3.63, 3.8) is 0 Å². The highest BCUT2D eigenvalue weighted by atomic mass is 16.2. The molecule has 1 aromatic carbocycles. The van der Waals surface area contributed by atoms with Gasteiger partial charge in [0.25, 0.3) is 0 Å². The first-order chi connectivity index (χ1) is 10.4. The van der Waals surface area contributed by atoms with Crippen LogP contribution >= 0.6 is 0 Å². The number of nitrogens with one attached hydrogen (secondary N) is 2. The molecule has 22 heavy (non-hydrogen) atoms. The van der Waals surface area contributed by atoms with Gasteiger partial charge in [0.15, 0.2) is 0 Å². The molecule has 0 unspecified atom stereocenters. The lowest BCUT2D eigenvalue weighted by molar-refractivity contribution is -0.116. The van der Waals surface area contributed by atoms with Crippen LogP contribution in [0.15, 0.2) is 18.2 Å². The summed E-state index contributed by atoms with van der Waals surface area (Å²) in [5.74, 6) is -0.0185. The molecule has 3 amide bonds. The van der Waals surface area contributed by atoms with E-state index in [0.29, 0.717) is 13.1 Å². The number of carbonyl (C=O) groups excluding carboxylic acids is 2. The van der Waals surface area contributed by atoms with Crippen LogP contribution in [0.2, 0.25) is 0 Å². The number of hydrogen-bond donors (Lipinski definition) is 2. The number of carbonyl (C=O) groups is 2. The molecule has 0 saturated heterocycles. The zero-order valence-corrected chi connectivity index (χ0v) is 14.2. The van der Waals surface area contributed by atoms with Gasteiger partial charge >= 0.3 is 6.03 Å². The SMILES string of the molecule is CCc1cccc(C)c1N(CCNC(=O)NC(C)C)C(C)=O. The van der Waals surface area contributed by atoms with Crippen molar-refractivity contribution < 1.29 is 9.59 Å². The highest BCUT2D eigenvalue weighted by Gasteiger charge is 2.17. The topological polar surface area (TPSA) is 61.4 Å². The summed E-state index contributed by atoms with van der Waals surface area (Å²) in [6.45, 7) is 10.3. The van der Waals surface area contributed by atoms with Crippen LogP contribution in [0.5, 0.6) is 0 Å². The number of hydrogen-bond acceptors (Lipinski definition) is 2. The van der Waals surface area contributed by atoms with Gasteiger partial charge in [-0.05, 0) is 38.3 Å². The van der Waals surface area contributed by atoms with E-state index < -0.39 is 0 Å². The van der Waals surface area contributed by atoms with Gasteiger partial charge in [-0.3, -0.25) is 4.79 Å². The minimum atomic E-state index is -0.209. The summed E-state index contributed by atoms with van der Waals surface area (Å²) in [4.78, 5) is 25.4. The van der Waals surface area contributed by atoms with Gasteiger partial charge in [-0.1, -0.05) is 25.1 Å². The maximum atomic E-state index is 12.0. The van der Waals surface area contributed by atoms with Crippen LogP contribution in [-0.2, 0) is 11.2 Å². The van der Waals surface area contributed by atoms with Crippen molar-refractivity contribution in [1.29, 1.82) is 0 Å². The maximum Gasteiger partial charge on any atom is 0.315 e. The summed E-state index contributed by atoms with van der Waals surface area (Å²) in [5, 5.41) is 5.55. The van der Waals surface area contributed by atoms with Gasteiger partial charge < -0.3 is 15.5 Å². The Morgan fingerprint density at radius 1 is 1.27 bits per heavy atom. The Balaban J connectivity index is 2.79. The van der Waals surface area contributed by atoms with Crippen LogP contribution in [0, 0.1) is 6.92 Å². The monoisotopic (exact) mass is 305 g/mol. The number of benzene rings is 1. The molecule has 0 fully saturated rings. The third kappa shape index (κ3) is 5.06. The van der Waals surface area contributed by atoms with Gasteiger partial charge in [-0.25, -0.2) is 4.79 Å². The van der Waals surface area contributed by atoms with Crippen molar-refractivity contribution in [1.82, 2.24) is 10.6 Å². The number of para-hydroxylation sites is 1. The Kier molecular flexibility index (Phi) is 6.89. The van der Waals surface area contributed by atoms with Gasteiger partial charge in [-0.15, -0.1) is 0 Å². The van der Waals surface area contributed by atoms with Crippen molar-refractivity contribution in [3.8, 4) is 0 Å². The van der Waals surface area contributed by atoms with Crippen LogP contribution in [0.3, 0.4) is 0 Å². The second kappa shape index (κ2) is 8.41. The molecule has 0 aliphatic heterocycles. The van der Waals surface area contributed by atoms with E-state index in [1.807, 2.05) is 39.0 Å². The molecule has 0 radical (unpaired) electrons. The average molecular weight is 305 g/mol. The van der Waals surface area contributed by atoms with Crippen molar-refractivity contribution in [2.24, 2.45) is 0 Å². The Morgan fingerprint density at radius 3 is 2.50 bits per heavy atom. The molecule has 0 bridgehead atoms. The first kappa shape index (κ1) is 18.0. The summed E-state index contributed by atoms with van der Waals surface area (Å²) >= 11 is 0. The Bertz CT molecular complexity index is 527. The molecule has 0 aliphatic carbocycles. The zero-order chi connectivity index (χ0) is 16.7. The normalized spacial score (nSPS) is 10.5. The van der Waals surface area contributed by atoms with E-state index in [2.05, 4.69) is 17.6 Å². The number of rotatable bonds is 6. The van der Waals surface area contributed by atoms with E-state index in [9.17, 15) is 9.59 Å². The van der Waals surface area contributed by atoms with Crippen LogP contribution in [-0.4, -0.2) is 31.1 Å². The van der Waals surface area contributed by atoms with Crippen LogP contribution in [0.25, 0.3) is 0 Å². The molecule has 0 aromatic heterocycles. The van der Waals surface area contributed by atoms with Crippen molar-refractivity contribution in [2.45, 2.75) is 47.1 Å². The molecule has 0 spiro atoms. The smallest absolute Gasteiger partial charge is 0.315 e. The van der Waals surface area contributed by atoms with Crippen LogP contribution in [0.4, 0.5) is 10.5 Å². The third-order valence-electron chi connectivity index (χ3n) is 3.39. The molecule has 5 nitrogen and oxygen atoms in total. The molecule has 0 atom stereocenters. The fourth-order valence-electron chi connectivity index (χ4n) is 2.41. The van der Waals surface area contributed by atoms with Gasteiger partial charge in [0.2, 0.25) is 5.91 Å². The van der Waals surface area contributed by atoms with Gasteiger partial charge in [0.1, 0.15) is 0 Å². The lowest BCUT2D eigenvalue weighted by Crippen LogP contribution is -2.44. The minimum absolute atomic E-state index is 0.0185. The molecule has 122 valence electrons. The van der Waals surface area contributed by atoms with Crippen LogP contribution in [0.1, 0.15) is 38.8 Å². The minimum Gasteiger partial charge on any atom is -0.336 e. The van der Waals surface area contributed by atoms with Crippen molar-refractivity contribution in [3.05, 3.63) is 29.3 Å². The summed E-state index contributed by atoms with van der Waals surface area (Å²) in [6.07, 6.45) is 0.863. The van der Waals surface area contributed by atoms with Crippen molar-refractivity contribution >= 4 is 17.6 Å². The lowest BCUT2D eigenvalue weighted by Gasteiger charge is -2.26. The molecule has 0 saturated carbocycles. The molecular formula is C17H27N3O2. The first-order valence-corrected chi connectivity index (χ1v) is 7.77. The summed E-state index contributed by atoms with van der Waals surface area (Å²) in [6, 6.07) is 5.93. The maximum absolute atomic E-state index is 12.0. The van der Waals surface area contributed by atoms with Gasteiger partial charge in [0.05, 0.1) is 0 Å². The Morgan fingerprint density at radius 2 is 1.95 bits per heavy atom. The quantitative estimate of drug-likeness (QED) is 0.848. The zero-order valence-electron chi connectivity index (χ0n) is 14.2. The fourth-order valence-corrected chi connectivity index (χ4v) is 2.41. The van der Waals surface area contributed by atoms with E-state index >= 15 is 0 Å². The number of amides is 3. The van der Waals surface area contributed by atoms with Gasteiger partial charge in [0, 0.05) is 31.7 Å². The second-order valence-corrected chi connectivity index (χ2v) is 5.66. The van der Waals surface area contributed by atoms with E-state index in [1.54, 1.807) is 11.8 Å². The second-order valence-electron chi connectivity index (χ2n) is 5.66. The van der Waals surface area contributed by atoms with E-state index in [4.69, 9.17) is 0 Å². The number of nitrogens with zero attached hydrogens (tertiary/aromatic N) is 1. The van der Waals surface area contributed by atoms with Crippen molar-refractivity contribution in [2.75, 3.05) is 18.0 Å². The summed E-state index contributed by atoms with van der Waals surface area (Å²) in [5.41, 5.74) is 3.17. The third-order valence-corrected chi connectivity index (χ3v) is 3.39. The first-order valence-electron chi connectivity index (χ1n) is 7.77. The van der Waals surface area contributed by atoms with Crippen LogP contribution < -0.4 is 15.5 Å². The molecule has 1 aromatic rings. The summed E-state index contributed by atoms with van der Waals surface area (Å²) < 4.78 is 0. The fraction of sp³-hybridized carbons (Fsp3) is 0.529. The Hall–Kier alpha value is -2.04. The summed E-state index contributed by atoms with van der Waals surface area (Å²) in [7, 11) is 0. The molecule has 0 aliphatic rings. The number of urea groups is 1. The highest BCUT2D eigenvalue weighted by molar-refractivity contribution is 5.93. The van der Waals surface area contributed by atoms with E-state index in [0.717, 1.165) is 23.2 Å². The Labute approximate surface area is 133 Å². The number of anilines is 1. The molecule has 2 N–H and O–H groups in total. The molecule has 5 heteroatoms. The highest BCUT2D eigenvalue weighted by Crippen LogP contribution is 2.25. The molecule has 1 rings (SSSR count). The lowest BCUT2D eigenvalue weighted by atomic mass is 10.0. The predicted molar refractivity (Wildman–Crippen MR) is 90.3 cm³/mol. The van der Waals surface area contributed by atoms with E-state index in [1.165, 1.54) is 0 Å². The number of aryl methyl sites for hydroxylation is 2. The predicted octanol–water partition coefficient (Wildman–Crippen LogP) is 2.62. The molecule has 0 heterocycles. The molecular weight excluding hydrogens is 278 g/mol. The average Bonchev–Trinajstić information content (AvgIpc) is 2.43. The van der Waals surface area contributed by atoms with Gasteiger partial charge in [-0.2, -0.15) is 0 Å². The largest absolute Gasteiger partial charge is 0.336 e. The van der Waals surface area contributed by atoms with E-state index in [-0.39, 0.29) is 18.0 Å². The standard InChI is InChI=1S/C17H27N3O2/c1-6-15-9-7-8-13(4)16(15)20(14(5)21)11-10-18-17(22)19-12(2)3/h7-9,12H,6,10-11H2,1-5H3,(H2,18,19,22).